The Labute approximate surface area is 183 Å². The summed E-state index contributed by atoms with van der Waals surface area (Å²) in [4.78, 5) is 34.4. The Hall–Kier alpha value is -4.39. The average molecular weight is 427 g/mol. The molecule has 4 rings (SSSR count). The van der Waals surface area contributed by atoms with E-state index in [0.717, 1.165) is 11.1 Å². The predicted octanol–water partition coefficient (Wildman–Crippen LogP) is 1.70. The molecule has 0 radical (unpaired) electrons. The molecule has 4 aromatic rings. The van der Waals surface area contributed by atoms with Gasteiger partial charge in [-0.25, -0.2) is 0 Å². The monoisotopic (exact) mass is 427 g/mol. The van der Waals surface area contributed by atoms with Gasteiger partial charge in [-0.05, 0) is 47.5 Å². The first kappa shape index (κ1) is 20.9. The predicted molar refractivity (Wildman–Crippen MR) is 122 cm³/mol. The fourth-order valence-electron chi connectivity index (χ4n) is 3.01. The van der Waals surface area contributed by atoms with E-state index in [0.29, 0.717) is 23.8 Å². The summed E-state index contributed by atoms with van der Waals surface area (Å²) < 4.78 is 10.8. The molecule has 2 aromatic carbocycles. The number of methoxy groups -OCH3 is 1. The van der Waals surface area contributed by atoms with Crippen LogP contribution in [0, 0.1) is 0 Å². The van der Waals surface area contributed by atoms with E-state index < -0.39 is 11.1 Å². The van der Waals surface area contributed by atoms with Crippen LogP contribution < -0.4 is 31.3 Å². The third-order valence-electron chi connectivity index (χ3n) is 4.71. The van der Waals surface area contributed by atoms with Gasteiger partial charge in [0.1, 0.15) is 28.8 Å². The van der Waals surface area contributed by atoms with Gasteiger partial charge in [-0.15, -0.1) is 0 Å². The van der Waals surface area contributed by atoms with Gasteiger partial charge in [-0.2, -0.15) is 0 Å². The summed E-state index contributed by atoms with van der Waals surface area (Å²) in [5, 5.41) is 0.280. The molecule has 2 N–H and O–H groups in total. The van der Waals surface area contributed by atoms with E-state index in [1.165, 1.54) is 6.08 Å². The third kappa shape index (κ3) is 5.20. The number of nitrogens with zero attached hydrogens (tertiary/aromatic N) is 1. The van der Waals surface area contributed by atoms with E-state index in [1.54, 1.807) is 55.8 Å². The lowest BCUT2D eigenvalue weighted by Crippen LogP contribution is -2.46. The molecule has 160 valence electrons. The lowest BCUT2D eigenvalue weighted by atomic mass is 10.2. The van der Waals surface area contributed by atoms with Crippen LogP contribution in [0.1, 0.15) is 16.8 Å². The molecule has 2 aromatic heterocycles. The van der Waals surface area contributed by atoms with Crippen LogP contribution in [-0.2, 0) is 6.61 Å². The zero-order chi connectivity index (χ0) is 22.3. The second-order valence-electron chi connectivity index (χ2n) is 6.99. The molecular formula is C25H21N3O4. The summed E-state index contributed by atoms with van der Waals surface area (Å²) in [7, 11) is 1.58. The fourth-order valence-corrected chi connectivity index (χ4v) is 3.01. The smallest absolute Gasteiger partial charge is 0.272 e. The molecule has 0 saturated heterocycles. The number of H-pyrrole nitrogens is 2. The molecule has 0 bridgehead atoms. The maximum Gasteiger partial charge on any atom is 0.272 e. The largest absolute Gasteiger partial charge is 0.497 e. The van der Waals surface area contributed by atoms with Gasteiger partial charge in [0.25, 0.3) is 11.1 Å². The first-order chi connectivity index (χ1) is 15.6. The van der Waals surface area contributed by atoms with E-state index in [1.807, 2.05) is 30.3 Å². The average Bonchev–Trinajstić information content (AvgIpc) is 2.83. The molecule has 0 atom stereocenters. The number of aromatic nitrogens is 3. The summed E-state index contributed by atoms with van der Waals surface area (Å²) in [6, 6.07) is 20.4. The number of benzene rings is 2. The highest BCUT2D eigenvalue weighted by molar-refractivity contribution is 5.49. The van der Waals surface area contributed by atoms with Crippen molar-refractivity contribution < 1.29 is 9.47 Å². The zero-order valence-electron chi connectivity index (χ0n) is 17.4. The molecule has 0 saturated carbocycles. The second kappa shape index (κ2) is 9.61. The van der Waals surface area contributed by atoms with Gasteiger partial charge in [0, 0.05) is 0 Å². The van der Waals surface area contributed by atoms with Crippen molar-refractivity contribution in [3.63, 3.8) is 0 Å². The number of nitrogens with one attached hydrogen (secondary N) is 2. The molecule has 2 heterocycles. The minimum absolute atomic E-state index is 0.118. The van der Waals surface area contributed by atoms with Gasteiger partial charge in [0.15, 0.2) is 0 Å². The van der Waals surface area contributed by atoms with E-state index in [2.05, 4.69) is 15.0 Å². The Morgan fingerprint density at radius 2 is 1.47 bits per heavy atom. The summed E-state index contributed by atoms with van der Waals surface area (Å²) in [6.45, 7) is 0.435. The maximum atomic E-state index is 12.5. The molecule has 7 nitrogen and oxygen atoms in total. The minimum atomic E-state index is -0.421. The van der Waals surface area contributed by atoms with E-state index in [9.17, 15) is 9.59 Å². The van der Waals surface area contributed by atoms with Crippen LogP contribution in [0.15, 0.2) is 82.5 Å². The summed E-state index contributed by atoms with van der Waals surface area (Å²) in [5.74, 6) is 1.32. The first-order valence-electron chi connectivity index (χ1n) is 9.93. The van der Waals surface area contributed by atoms with Crippen molar-refractivity contribution in [2.45, 2.75) is 6.61 Å². The van der Waals surface area contributed by atoms with Crippen molar-refractivity contribution in [1.82, 2.24) is 15.0 Å². The molecule has 0 spiro atoms. The van der Waals surface area contributed by atoms with Gasteiger partial charge in [-0.3, -0.25) is 14.6 Å². The Bertz CT molecular complexity index is 1420. The molecule has 0 aliphatic rings. The van der Waals surface area contributed by atoms with Crippen molar-refractivity contribution in [3.8, 4) is 11.5 Å². The normalized spacial score (nSPS) is 12.0. The van der Waals surface area contributed by atoms with Crippen LogP contribution in [0.25, 0.3) is 12.2 Å². The Balaban J connectivity index is 1.55. The molecule has 0 unspecified atom stereocenters. The van der Waals surface area contributed by atoms with E-state index in [-0.39, 0.29) is 10.7 Å². The number of ether oxygens (including phenoxy) is 2. The van der Waals surface area contributed by atoms with Crippen molar-refractivity contribution in [2.24, 2.45) is 0 Å². The summed E-state index contributed by atoms with van der Waals surface area (Å²) in [5.41, 5.74) is 1.50. The van der Waals surface area contributed by atoms with E-state index >= 15 is 0 Å². The molecule has 0 aliphatic heterocycles. The van der Waals surface area contributed by atoms with Crippen molar-refractivity contribution >= 4 is 12.2 Å². The summed E-state index contributed by atoms with van der Waals surface area (Å²) in [6.07, 6.45) is 4.69. The van der Waals surface area contributed by atoms with Crippen LogP contribution in [0.5, 0.6) is 11.5 Å². The number of hydrogen-bond donors (Lipinski definition) is 2. The number of hydrogen-bond acceptors (Lipinski definition) is 5. The quantitative estimate of drug-likeness (QED) is 0.488. The SMILES string of the molecule is COc1ccc(/C=c2/[nH]c(=O)/c(=C\c3ccc(OCc4ccccc4)cn3)[nH]c2=O)cc1. The Morgan fingerprint density at radius 3 is 2.09 bits per heavy atom. The van der Waals surface area contributed by atoms with Crippen molar-refractivity contribution in [2.75, 3.05) is 7.11 Å². The summed E-state index contributed by atoms with van der Waals surface area (Å²) >= 11 is 0. The fraction of sp³-hybridized carbons (Fsp3) is 0.0800. The van der Waals surface area contributed by atoms with Crippen molar-refractivity contribution in [1.29, 1.82) is 0 Å². The van der Waals surface area contributed by atoms with Gasteiger partial charge >= 0.3 is 0 Å². The maximum absolute atomic E-state index is 12.5. The standard InChI is InChI=1S/C25H21N3O4/c1-31-20-10-7-17(8-11-20)13-22-24(29)28-23(25(30)27-22)14-19-9-12-21(15-26-19)32-16-18-5-3-2-4-6-18/h2-15H,16H2,1H3,(H,27,30)(H,28,29)/b22-13+,23-14+. The highest BCUT2D eigenvalue weighted by atomic mass is 16.5. The van der Waals surface area contributed by atoms with Crippen molar-refractivity contribution in [3.05, 3.63) is 121 Å². The van der Waals surface area contributed by atoms with E-state index in [4.69, 9.17) is 9.47 Å². The van der Waals surface area contributed by atoms with Crippen LogP contribution in [0.3, 0.4) is 0 Å². The molecule has 0 amide bonds. The van der Waals surface area contributed by atoms with Gasteiger partial charge in [0.05, 0.1) is 19.0 Å². The topological polar surface area (TPSA) is 97.1 Å². The number of pyridine rings is 1. The second-order valence-corrected chi connectivity index (χ2v) is 6.99. The van der Waals surface area contributed by atoms with Gasteiger partial charge in [0.2, 0.25) is 0 Å². The van der Waals surface area contributed by atoms with Crippen LogP contribution in [0.4, 0.5) is 0 Å². The highest BCUT2D eigenvalue weighted by Gasteiger charge is 2.00. The minimum Gasteiger partial charge on any atom is -0.497 e. The zero-order valence-corrected chi connectivity index (χ0v) is 17.4. The number of rotatable bonds is 6. The third-order valence-corrected chi connectivity index (χ3v) is 4.71. The number of aromatic amines is 2. The van der Waals surface area contributed by atoms with Gasteiger partial charge in [-0.1, -0.05) is 42.5 Å². The molecule has 7 heteroatoms. The highest BCUT2D eigenvalue weighted by Crippen LogP contribution is 2.12. The van der Waals surface area contributed by atoms with Crippen LogP contribution in [0.2, 0.25) is 0 Å². The lowest BCUT2D eigenvalue weighted by molar-refractivity contribution is 0.305. The molecular weight excluding hydrogens is 406 g/mol. The Kier molecular flexibility index (Phi) is 6.27. The first-order valence-corrected chi connectivity index (χ1v) is 9.93. The van der Waals surface area contributed by atoms with Crippen LogP contribution >= 0.6 is 0 Å². The molecule has 0 fully saturated rings. The lowest BCUT2D eigenvalue weighted by Gasteiger charge is -2.05. The van der Waals surface area contributed by atoms with Crippen LogP contribution in [-0.4, -0.2) is 22.1 Å². The van der Waals surface area contributed by atoms with Gasteiger partial charge < -0.3 is 19.4 Å². The molecule has 32 heavy (non-hydrogen) atoms. The Morgan fingerprint density at radius 1 is 0.812 bits per heavy atom. The molecule has 0 aliphatic carbocycles.